The molecule has 1 fully saturated rings. The van der Waals surface area contributed by atoms with E-state index in [1.54, 1.807) is 18.2 Å². The number of benzene rings is 1. The summed E-state index contributed by atoms with van der Waals surface area (Å²) in [7, 11) is -3.47. The SMILES string of the molecule is Cc1ccc(S(=O)(=O)NCCC2CCCCO2)cc1CN. The number of nitrogens with one attached hydrogen (secondary N) is 1. The lowest BCUT2D eigenvalue weighted by molar-refractivity contribution is 0.0123. The Labute approximate surface area is 126 Å². The molecule has 21 heavy (non-hydrogen) atoms. The van der Waals surface area contributed by atoms with E-state index in [1.807, 2.05) is 6.92 Å². The lowest BCUT2D eigenvalue weighted by atomic mass is 10.1. The maximum absolute atomic E-state index is 12.3. The van der Waals surface area contributed by atoms with Crippen molar-refractivity contribution in [3.05, 3.63) is 29.3 Å². The van der Waals surface area contributed by atoms with E-state index in [1.165, 1.54) is 0 Å². The summed E-state index contributed by atoms with van der Waals surface area (Å²) in [6.07, 6.45) is 4.18. The van der Waals surface area contributed by atoms with Gasteiger partial charge in [0.1, 0.15) is 0 Å². The van der Waals surface area contributed by atoms with E-state index in [-0.39, 0.29) is 11.0 Å². The second-order valence-corrected chi connectivity index (χ2v) is 7.23. The fraction of sp³-hybridized carbons (Fsp3) is 0.600. The Hall–Kier alpha value is -0.950. The summed E-state index contributed by atoms with van der Waals surface area (Å²) in [6.45, 7) is 3.45. The molecule has 1 atom stereocenters. The second kappa shape index (κ2) is 7.35. The molecule has 0 aliphatic carbocycles. The molecule has 1 aromatic rings. The van der Waals surface area contributed by atoms with E-state index >= 15 is 0 Å². The van der Waals surface area contributed by atoms with Gasteiger partial charge in [0.05, 0.1) is 11.0 Å². The standard InChI is InChI=1S/C15H24N2O3S/c1-12-5-6-15(10-13(12)11-16)21(18,19)17-8-7-14-4-2-3-9-20-14/h5-6,10,14,17H,2-4,7-9,11,16H2,1H3. The molecule has 0 spiro atoms. The topological polar surface area (TPSA) is 81.4 Å². The summed E-state index contributed by atoms with van der Waals surface area (Å²) in [4.78, 5) is 0.276. The molecule has 1 heterocycles. The van der Waals surface area contributed by atoms with Crippen LogP contribution in [0.4, 0.5) is 0 Å². The number of hydrogen-bond donors (Lipinski definition) is 2. The van der Waals surface area contributed by atoms with Gasteiger partial charge in [0.25, 0.3) is 0 Å². The summed E-state index contributed by atoms with van der Waals surface area (Å²) in [5.41, 5.74) is 7.49. The van der Waals surface area contributed by atoms with Crippen molar-refractivity contribution in [3.8, 4) is 0 Å². The van der Waals surface area contributed by atoms with Gasteiger partial charge in [-0.05, 0) is 55.9 Å². The molecule has 0 aromatic heterocycles. The molecule has 1 aromatic carbocycles. The van der Waals surface area contributed by atoms with Gasteiger partial charge in [0.2, 0.25) is 10.0 Å². The first kappa shape index (κ1) is 16.4. The number of rotatable bonds is 6. The lowest BCUT2D eigenvalue weighted by Crippen LogP contribution is -2.29. The minimum Gasteiger partial charge on any atom is -0.378 e. The predicted octanol–water partition coefficient (Wildman–Crippen LogP) is 1.69. The van der Waals surface area contributed by atoms with Gasteiger partial charge in [-0.3, -0.25) is 0 Å². The normalized spacial score (nSPS) is 19.6. The van der Waals surface area contributed by atoms with Crippen molar-refractivity contribution in [3.63, 3.8) is 0 Å². The van der Waals surface area contributed by atoms with Crippen molar-refractivity contribution in [1.82, 2.24) is 4.72 Å². The van der Waals surface area contributed by atoms with Gasteiger partial charge < -0.3 is 10.5 Å². The number of aryl methyl sites for hydroxylation is 1. The molecule has 1 saturated heterocycles. The van der Waals surface area contributed by atoms with E-state index in [0.717, 1.165) is 43.4 Å². The number of nitrogens with two attached hydrogens (primary N) is 1. The number of ether oxygens (including phenoxy) is 1. The highest BCUT2D eigenvalue weighted by atomic mass is 32.2. The van der Waals surface area contributed by atoms with Crippen molar-refractivity contribution < 1.29 is 13.2 Å². The molecule has 5 nitrogen and oxygen atoms in total. The summed E-state index contributed by atoms with van der Waals surface area (Å²) in [5, 5.41) is 0. The third kappa shape index (κ3) is 4.51. The molecule has 2 rings (SSSR count). The fourth-order valence-corrected chi connectivity index (χ4v) is 3.61. The van der Waals surface area contributed by atoms with Gasteiger partial charge in [-0.2, -0.15) is 0 Å². The minimum atomic E-state index is -3.47. The zero-order valence-corrected chi connectivity index (χ0v) is 13.3. The Kier molecular flexibility index (Phi) is 5.75. The van der Waals surface area contributed by atoms with Crippen LogP contribution >= 0.6 is 0 Å². The average molecular weight is 312 g/mol. The minimum absolute atomic E-state index is 0.180. The van der Waals surface area contributed by atoms with Crippen LogP contribution in [0.5, 0.6) is 0 Å². The zero-order valence-electron chi connectivity index (χ0n) is 12.5. The summed E-state index contributed by atoms with van der Waals surface area (Å²) >= 11 is 0. The molecule has 1 aliphatic rings. The van der Waals surface area contributed by atoms with Crippen LogP contribution in [-0.4, -0.2) is 27.7 Å². The van der Waals surface area contributed by atoms with Crippen LogP contribution in [0.3, 0.4) is 0 Å². The molecule has 0 bridgehead atoms. The molecule has 0 saturated carbocycles. The van der Waals surface area contributed by atoms with E-state index in [0.29, 0.717) is 13.1 Å². The molecular weight excluding hydrogens is 288 g/mol. The summed E-state index contributed by atoms with van der Waals surface area (Å²) in [6, 6.07) is 5.06. The molecular formula is C15H24N2O3S. The summed E-state index contributed by atoms with van der Waals surface area (Å²) in [5.74, 6) is 0. The Morgan fingerprint density at radius 1 is 1.38 bits per heavy atom. The van der Waals surface area contributed by atoms with Crippen molar-refractivity contribution in [1.29, 1.82) is 0 Å². The first-order chi connectivity index (χ1) is 10.0. The van der Waals surface area contributed by atoms with Crippen LogP contribution in [0.15, 0.2) is 23.1 Å². The molecule has 1 unspecified atom stereocenters. The average Bonchev–Trinajstić information content (AvgIpc) is 2.48. The van der Waals surface area contributed by atoms with Crippen LogP contribution < -0.4 is 10.5 Å². The largest absolute Gasteiger partial charge is 0.378 e. The highest BCUT2D eigenvalue weighted by molar-refractivity contribution is 7.89. The molecule has 6 heteroatoms. The Morgan fingerprint density at radius 2 is 2.19 bits per heavy atom. The number of hydrogen-bond acceptors (Lipinski definition) is 4. The molecule has 0 radical (unpaired) electrons. The third-order valence-electron chi connectivity index (χ3n) is 3.88. The maximum atomic E-state index is 12.3. The highest BCUT2D eigenvalue weighted by Gasteiger charge is 2.17. The van der Waals surface area contributed by atoms with Gasteiger partial charge in [0, 0.05) is 19.7 Å². The zero-order chi connectivity index (χ0) is 15.3. The van der Waals surface area contributed by atoms with Crippen LogP contribution in [0.25, 0.3) is 0 Å². The van der Waals surface area contributed by atoms with Crippen LogP contribution in [0.1, 0.15) is 36.8 Å². The smallest absolute Gasteiger partial charge is 0.240 e. The predicted molar refractivity (Wildman–Crippen MR) is 82.5 cm³/mol. The first-order valence-corrected chi connectivity index (χ1v) is 8.92. The monoisotopic (exact) mass is 312 g/mol. The second-order valence-electron chi connectivity index (χ2n) is 5.47. The third-order valence-corrected chi connectivity index (χ3v) is 5.34. The van der Waals surface area contributed by atoms with Gasteiger partial charge in [-0.25, -0.2) is 13.1 Å². The quantitative estimate of drug-likeness (QED) is 0.837. The van der Waals surface area contributed by atoms with Crippen LogP contribution in [0.2, 0.25) is 0 Å². The molecule has 3 N–H and O–H groups in total. The molecule has 1 aliphatic heterocycles. The van der Waals surface area contributed by atoms with Crippen molar-refractivity contribution >= 4 is 10.0 Å². The van der Waals surface area contributed by atoms with Gasteiger partial charge in [-0.15, -0.1) is 0 Å². The van der Waals surface area contributed by atoms with Crippen molar-refractivity contribution in [2.24, 2.45) is 5.73 Å². The number of sulfonamides is 1. The van der Waals surface area contributed by atoms with Crippen LogP contribution in [0, 0.1) is 6.92 Å². The first-order valence-electron chi connectivity index (χ1n) is 7.44. The Morgan fingerprint density at radius 3 is 2.86 bits per heavy atom. The van der Waals surface area contributed by atoms with Gasteiger partial charge in [0.15, 0.2) is 0 Å². The van der Waals surface area contributed by atoms with Gasteiger partial charge >= 0.3 is 0 Å². The van der Waals surface area contributed by atoms with E-state index in [4.69, 9.17) is 10.5 Å². The van der Waals surface area contributed by atoms with Crippen LogP contribution in [-0.2, 0) is 21.3 Å². The van der Waals surface area contributed by atoms with Crippen molar-refractivity contribution in [2.45, 2.75) is 50.2 Å². The Bertz CT molecular complexity index is 566. The van der Waals surface area contributed by atoms with Crippen molar-refractivity contribution in [2.75, 3.05) is 13.2 Å². The maximum Gasteiger partial charge on any atom is 0.240 e. The molecule has 118 valence electrons. The lowest BCUT2D eigenvalue weighted by Gasteiger charge is -2.22. The Balaban J connectivity index is 1.94. The molecule has 0 amide bonds. The highest BCUT2D eigenvalue weighted by Crippen LogP contribution is 2.17. The van der Waals surface area contributed by atoms with E-state index in [2.05, 4.69) is 4.72 Å². The van der Waals surface area contributed by atoms with E-state index in [9.17, 15) is 8.42 Å². The summed E-state index contributed by atoms with van der Waals surface area (Å²) < 4.78 is 32.8. The van der Waals surface area contributed by atoms with E-state index < -0.39 is 10.0 Å². The van der Waals surface area contributed by atoms with Gasteiger partial charge in [-0.1, -0.05) is 6.07 Å². The fourth-order valence-electron chi connectivity index (χ4n) is 2.51.